The molecule has 9 aromatic carbocycles. The monoisotopic (exact) mass is 790 g/mol. The highest BCUT2D eigenvalue weighted by atomic mass is 32.1. The molecule has 0 spiro atoms. The van der Waals surface area contributed by atoms with Gasteiger partial charge in [0.15, 0.2) is 17.5 Å². The molecule has 0 radical (unpaired) electrons. The number of hydrogen-bond acceptors (Lipinski definition) is 4. The molecular weight excluding hydrogens is 749 g/mol. The first-order valence-electron chi connectivity index (χ1n) is 23.5. The summed E-state index contributed by atoms with van der Waals surface area (Å²) in [5.74, 6) is 1.18. The summed E-state index contributed by atoms with van der Waals surface area (Å²) in [6, 6.07) is 48.7. The topological polar surface area (TPSA) is 43.6 Å². The van der Waals surface area contributed by atoms with E-state index in [2.05, 4.69) is 66.7 Å². The second kappa shape index (κ2) is 14.0. The molecule has 0 aliphatic rings. The minimum atomic E-state index is -0.505. The molecule has 12 aromatic rings. The zero-order chi connectivity index (χ0) is 46.5. The van der Waals surface area contributed by atoms with Crippen molar-refractivity contribution in [2.24, 2.45) is 0 Å². The molecule has 0 fully saturated rings. The van der Waals surface area contributed by atoms with Crippen molar-refractivity contribution in [3.63, 3.8) is 0 Å². The standard InChI is InChI=1S/C55H34N4S/c1-2-15-36(16-3-1)42-31-30-41(34-50(42)59-48-25-9-6-20-44(48)45-21-7-10-26-49(45)59)55-57-53(56-54(58-55)40-29-28-35-14-4-5-17-37(35)32-40)39-19-12-18-38(33-39)43-23-13-24-47-46-22-8-11-27-51(46)60-52(43)47/h1-34H/i6D,7D,9D,10D,20D,21D,25D,26D. The summed E-state index contributed by atoms with van der Waals surface area (Å²) in [7, 11) is 0. The van der Waals surface area contributed by atoms with Crippen molar-refractivity contribution < 1.29 is 11.0 Å². The van der Waals surface area contributed by atoms with E-state index in [9.17, 15) is 2.74 Å². The number of aromatic nitrogens is 4. The Bertz CT molecular complexity index is 4020. The van der Waals surface area contributed by atoms with E-state index >= 15 is 0 Å². The maximum atomic E-state index is 9.29. The summed E-state index contributed by atoms with van der Waals surface area (Å²) in [6.45, 7) is 0. The zero-order valence-electron chi connectivity index (χ0n) is 39.7. The minimum absolute atomic E-state index is 0.00493. The van der Waals surface area contributed by atoms with Crippen LogP contribution in [0.4, 0.5) is 0 Å². The van der Waals surface area contributed by atoms with Crippen molar-refractivity contribution in [2.45, 2.75) is 0 Å². The molecule has 0 N–H and O–H groups in total. The molecule has 0 saturated carbocycles. The van der Waals surface area contributed by atoms with Gasteiger partial charge < -0.3 is 4.57 Å². The zero-order valence-corrected chi connectivity index (χ0v) is 32.5. The van der Waals surface area contributed by atoms with Gasteiger partial charge in [-0.25, -0.2) is 15.0 Å². The lowest BCUT2D eigenvalue weighted by molar-refractivity contribution is 1.07. The third-order valence-electron chi connectivity index (χ3n) is 11.1. The van der Waals surface area contributed by atoms with Gasteiger partial charge in [-0.05, 0) is 63.8 Å². The van der Waals surface area contributed by atoms with Crippen LogP contribution < -0.4 is 0 Å². The second-order valence-electron chi connectivity index (χ2n) is 14.6. The van der Waals surface area contributed by atoms with Crippen LogP contribution >= 0.6 is 11.3 Å². The number of hydrogen-bond donors (Lipinski definition) is 0. The highest BCUT2D eigenvalue weighted by Crippen LogP contribution is 2.42. The highest BCUT2D eigenvalue weighted by Gasteiger charge is 2.20. The lowest BCUT2D eigenvalue weighted by atomic mass is 10.00. The number of nitrogens with zero attached hydrogens (tertiary/aromatic N) is 4. The largest absolute Gasteiger partial charge is 0.309 e. The Morgan fingerprint density at radius 2 is 0.983 bits per heavy atom. The maximum absolute atomic E-state index is 9.29. The normalized spacial score (nSPS) is 13.5. The van der Waals surface area contributed by atoms with Crippen LogP contribution in [0, 0.1) is 0 Å². The first-order valence-corrected chi connectivity index (χ1v) is 20.3. The van der Waals surface area contributed by atoms with Crippen LogP contribution in [0.2, 0.25) is 0 Å². The smallest absolute Gasteiger partial charge is 0.164 e. The molecule has 0 amide bonds. The Hall–Kier alpha value is -7.73. The number of rotatable bonds is 6. The first kappa shape index (κ1) is 27.0. The van der Waals surface area contributed by atoms with Crippen LogP contribution in [0.1, 0.15) is 11.0 Å². The van der Waals surface area contributed by atoms with Gasteiger partial charge in [0.05, 0.1) is 27.7 Å². The van der Waals surface area contributed by atoms with Gasteiger partial charge >= 0.3 is 0 Å². The Morgan fingerprint density at radius 3 is 1.77 bits per heavy atom. The van der Waals surface area contributed by atoms with Gasteiger partial charge in [0.25, 0.3) is 0 Å². The van der Waals surface area contributed by atoms with Gasteiger partial charge in [-0.1, -0.05) is 170 Å². The van der Waals surface area contributed by atoms with E-state index in [1.807, 2.05) is 91.0 Å². The van der Waals surface area contributed by atoms with Crippen molar-refractivity contribution in [3.8, 4) is 62.1 Å². The molecule has 12 rings (SSSR count). The van der Waals surface area contributed by atoms with Gasteiger partial charge in [0.1, 0.15) is 0 Å². The summed E-state index contributed by atoms with van der Waals surface area (Å²) in [5.41, 5.74) is 6.02. The Labute approximate surface area is 361 Å². The predicted octanol–water partition coefficient (Wildman–Crippen LogP) is 14.8. The molecule has 3 heterocycles. The quantitative estimate of drug-likeness (QED) is 0.168. The maximum Gasteiger partial charge on any atom is 0.164 e. The number of fused-ring (bicyclic) bond motifs is 7. The summed E-state index contributed by atoms with van der Waals surface area (Å²) in [5, 5.41) is 4.48. The Morgan fingerprint density at radius 1 is 0.400 bits per heavy atom. The molecule has 280 valence electrons. The summed E-state index contributed by atoms with van der Waals surface area (Å²) < 4.78 is 75.5. The van der Waals surface area contributed by atoms with Crippen molar-refractivity contribution in [2.75, 3.05) is 0 Å². The molecule has 0 unspecified atom stereocenters. The summed E-state index contributed by atoms with van der Waals surface area (Å²) >= 11 is 1.76. The predicted molar refractivity (Wildman–Crippen MR) is 252 cm³/mol. The van der Waals surface area contributed by atoms with Crippen LogP contribution in [0.3, 0.4) is 0 Å². The van der Waals surface area contributed by atoms with Crippen LogP contribution in [0.5, 0.6) is 0 Å². The fraction of sp³-hybridized carbons (Fsp3) is 0. The van der Waals surface area contributed by atoms with E-state index in [1.165, 1.54) is 20.2 Å². The molecule has 60 heavy (non-hydrogen) atoms. The van der Waals surface area contributed by atoms with Gasteiger partial charge in [-0.15, -0.1) is 11.3 Å². The fourth-order valence-electron chi connectivity index (χ4n) is 8.27. The number of benzene rings is 9. The van der Waals surface area contributed by atoms with E-state index in [0.717, 1.165) is 38.6 Å². The lowest BCUT2D eigenvalue weighted by Crippen LogP contribution is -2.02. The summed E-state index contributed by atoms with van der Waals surface area (Å²) in [4.78, 5) is 15.5. The van der Waals surface area contributed by atoms with Gasteiger partial charge in [-0.2, -0.15) is 0 Å². The molecule has 4 nitrogen and oxygen atoms in total. The molecule has 3 aromatic heterocycles. The number of thiophene rings is 1. The average Bonchev–Trinajstić information content (AvgIpc) is 3.95. The summed E-state index contributed by atoms with van der Waals surface area (Å²) in [6.07, 6.45) is 0. The van der Waals surface area contributed by atoms with Crippen molar-refractivity contribution in [1.29, 1.82) is 0 Å². The lowest BCUT2D eigenvalue weighted by Gasteiger charge is -2.16. The molecule has 0 saturated heterocycles. The third-order valence-corrected chi connectivity index (χ3v) is 12.3. The molecule has 0 aliphatic heterocycles. The molecule has 0 atom stereocenters. The highest BCUT2D eigenvalue weighted by molar-refractivity contribution is 7.26. The third kappa shape index (κ3) is 5.70. The van der Waals surface area contributed by atoms with Crippen LogP contribution in [-0.4, -0.2) is 19.5 Å². The van der Waals surface area contributed by atoms with Crippen molar-refractivity contribution in [1.82, 2.24) is 19.5 Å². The van der Waals surface area contributed by atoms with Crippen molar-refractivity contribution >= 4 is 64.1 Å². The molecule has 5 heteroatoms. The second-order valence-corrected chi connectivity index (χ2v) is 15.7. The van der Waals surface area contributed by atoms with Gasteiger partial charge in [0.2, 0.25) is 0 Å². The minimum Gasteiger partial charge on any atom is -0.309 e. The SMILES string of the molecule is [2H]c1c([2H])c([2H])c2c(c1[2H])c1c([2H])c([2H])c([2H])c([2H])c1n2-c1cc(-c2nc(-c3cccc(-c4cccc5c4sc4ccccc45)c3)nc(-c3ccc4ccccc4c3)n2)ccc1-c1ccccc1. The fourth-order valence-corrected chi connectivity index (χ4v) is 9.51. The Balaban J connectivity index is 1.13. The van der Waals surface area contributed by atoms with Crippen LogP contribution in [-0.2, 0) is 0 Å². The average molecular weight is 791 g/mol. The van der Waals surface area contributed by atoms with Crippen LogP contribution in [0.15, 0.2) is 206 Å². The van der Waals surface area contributed by atoms with Crippen LogP contribution in [0.25, 0.3) is 115 Å². The molecular formula is C55H34N4S. The van der Waals surface area contributed by atoms with Gasteiger partial charge in [0, 0.05) is 53.2 Å². The Kier molecular flexibility index (Phi) is 6.30. The van der Waals surface area contributed by atoms with Gasteiger partial charge in [-0.3, -0.25) is 0 Å². The number of para-hydroxylation sites is 2. The van der Waals surface area contributed by atoms with E-state index < -0.39 is 36.3 Å². The van der Waals surface area contributed by atoms with E-state index in [1.54, 1.807) is 15.9 Å². The van der Waals surface area contributed by atoms with E-state index in [0.29, 0.717) is 34.3 Å². The van der Waals surface area contributed by atoms with E-state index in [4.69, 9.17) is 23.2 Å². The van der Waals surface area contributed by atoms with Crippen molar-refractivity contribution in [3.05, 3.63) is 206 Å². The first-order chi connectivity index (χ1) is 33.0. The van der Waals surface area contributed by atoms with E-state index in [-0.39, 0.29) is 33.9 Å². The molecule has 0 aliphatic carbocycles. The molecule has 0 bridgehead atoms.